The summed E-state index contributed by atoms with van der Waals surface area (Å²) in [6, 6.07) is 9.76. The normalized spacial score (nSPS) is 8.11. The fourth-order valence-electron chi connectivity index (χ4n) is 0.596. The van der Waals surface area contributed by atoms with Crippen molar-refractivity contribution >= 4 is 0 Å². The molecule has 0 heterocycles. The summed E-state index contributed by atoms with van der Waals surface area (Å²) in [7, 11) is 0. The minimum absolute atomic E-state index is 0. The first-order chi connectivity index (χ1) is 3.93. The van der Waals surface area contributed by atoms with Crippen molar-refractivity contribution in [3.8, 4) is 0 Å². The van der Waals surface area contributed by atoms with Gasteiger partial charge in [0.1, 0.15) is 0 Å². The summed E-state index contributed by atoms with van der Waals surface area (Å²) in [5.74, 6) is 0. The molecule has 0 aliphatic heterocycles. The number of benzene rings is 1. The maximum Gasteiger partial charge on any atom is 0 e. The number of hydrogen-bond donors (Lipinski definition) is 0. The fourth-order valence-corrected chi connectivity index (χ4v) is 0.596. The zero-order valence-corrected chi connectivity index (χ0v) is 8.01. The third-order valence-corrected chi connectivity index (χ3v) is 1.05. The van der Waals surface area contributed by atoms with Crippen LogP contribution in [-0.4, -0.2) is 0 Å². The first-order valence-electron chi connectivity index (χ1n) is 2.62. The van der Waals surface area contributed by atoms with Gasteiger partial charge in [-0.2, -0.15) is 0 Å². The van der Waals surface area contributed by atoms with Crippen molar-refractivity contribution in [3.05, 3.63) is 41.6 Å². The van der Waals surface area contributed by atoms with Crippen LogP contribution in [-0.2, 0) is 39.3 Å². The van der Waals surface area contributed by atoms with Crippen LogP contribution in [0, 0.1) is 0 Å². The Morgan fingerprint density at radius 1 is 1.11 bits per heavy atom. The van der Waals surface area contributed by atoms with Gasteiger partial charge in [-0.3, -0.25) is 0 Å². The molecular weight excluding hydrogens is 187 g/mol. The molecule has 0 atom stereocenters. The Kier molecular flexibility index (Phi) is 5.26. The van der Waals surface area contributed by atoms with Crippen molar-refractivity contribution < 1.29 is 32.7 Å². The Morgan fingerprint density at radius 2 is 1.67 bits per heavy atom. The predicted molar refractivity (Wildman–Crippen MR) is 34.5 cm³/mol. The van der Waals surface area contributed by atoms with Gasteiger partial charge >= 0.3 is 0 Å². The standard InChI is InChI=1S/C7H8N.Y/c8-6-7-4-2-1-3-5-7;/h1-5,8H,6H2;/q-1;. The Morgan fingerprint density at radius 3 is 2.00 bits per heavy atom. The molecule has 1 nitrogen and oxygen atoms in total. The molecule has 0 saturated carbocycles. The molecule has 1 aromatic rings. The Hall–Kier alpha value is 0.284. The minimum atomic E-state index is 0. The molecule has 0 unspecified atom stereocenters. The number of hydrogen-bond acceptors (Lipinski definition) is 0. The van der Waals surface area contributed by atoms with Crippen LogP contribution in [0.2, 0.25) is 0 Å². The van der Waals surface area contributed by atoms with Crippen LogP contribution in [0.1, 0.15) is 5.56 Å². The van der Waals surface area contributed by atoms with Gasteiger partial charge in [0.25, 0.3) is 0 Å². The average Bonchev–Trinajstić information content (AvgIpc) is 1.90. The molecule has 9 heavy (non-hydrogen) atoms. The second kappa shape index (κ2) is 5.10. The van der Waals surface area contributed by atoms with Gasteiger partial charge in [0.05, 0.1) is 0 Å². The van der Waals surface area contributed by atoms with Gasteiger partial charge in [-0.25, -0.2) is 0 Å². The zero-order chi connectivity index (χ0) is 5.82. The monoisotopic (exact) mass is 195 g/mol. The van der Waals surface area contributed by atoms with E-state index < -0.39 is 0 Å². The van der Waals surface area contributed by atoms with Gasteiger partial charge in [0, 0.05) is 32.7 Å². The molecule has 1 N–H and O–H groups in total. The van der Waals surface area contributed by atoms with Crippen LogP contribution in [0.4, 0.5) is 0 Å². The summed E-state index contributed by atoms with van der Waals surface area (Å²) in [6.45, 7) is 0.390. The maximum absolute atomic E-state index is 6.94. The average molecular weight is 195 g/mol. The molecular formula is C7H8NY-. The molecule has 0 fully saturated rings. The number of rotatable bonds is 1. The SMILES string of the molecule is [NH-]Cc1ccccc1.[Y]. The van der Waals surface area contributed by atoms with Crippen LogP contribution in [0.25, 0.3) is 5.73 Å². The van der Waals surface area contributed by atoms with Crippen molar-refractivity contribution in [3.63, 3.8) is 0 Å². The molecule has 1 rings (SSSR count). The summed E-state index contributed by atoms with van der Waals surface area (Å²) in [4.78, 5) is 0. The summed E-state index contributed by atoms with van der Waals surface area (Å²) >= 11 is 0. The topological polar surface area (TPSA) is 23.8 Å². The first kappa shape index (κ1) is 9.28. The van der Waals surface area contributed by atoms with Crippen LogP contribution in [0.3, 0.4) is 0 Å². The van der Waals surface area contributed by atoms with Gasteiger partial charge in [-0.05, 0) is 0 Å². The van der Waals surface area contributed by atoms with E-state index in [1.807, 2.05) is 30.3 Å². The number of nitrogens with one attached hydrogen (secondary N) is 1. The second-order valence-corrected chi connectivity index (χ2v) is 1.66. The van der Waals surface area contributed by atoms with E-state index in [-0.39, 0.29) is 32.7 Å². The van der Waals surface area contributed by atoms with Crippen molar-refractivity contribution in [1.82, 2.24) is 0 Å². The molecule has 2 heteroatoms. The van der Waals surface area contributed by atoms with E-state index in [0.29, 0.717) is 6.54 Å². The van der Waals surface area contributed by atoms with E-state index in [9.17, 15) is 0 Å². The van der Waals surface area contributed by atoms with Crippen molar-refractivity contribution in [1.29, 1.82) is 0 Å². The third-order valence-electron chi connectivity index (χ3n) is 1.05. The third kappa shape index (κ3) is 3.09. The molecule has 0 aliphatic rings. The molecule has 0 bridgehead atoms. The molecule has 0 aliphatic carbocycles. The first-order valence-corrected chi connectivity index (χ1v) is 2.62. The summed E-state index contributed by atoms with van der Waals surface area (Å²) < 4.78 is 0. The van der Waals surface area contributed by atoms with E-state index in [4.69, 9.17) is 5.73 Å². The largest absolute Gasteiger partial charge is 0.674 e. The van der Waals surface area contributed by atoms with E-state index in [0.717, 1.165) is 5.56 Å². The second-order valence-electron chi connectivity index (χ2n) is 1.66. The predicted octanol–water partition coefficient (Wildman–Crippen LogP) is 2.24. The summed E-state index contributed by atoms with van der Waals surface area (Å²) in [5.41, 5.74) is 8.02. The molecule has 0 spiro atoms. The van der Waals surface area contributed by atoms with Gasteiger partial charge in [0.2, 0.25) is 0 Å². The van der Waals surface area contributed by atoms with Gasteiger partial charge < -0.3 is 5.73 Å². The summed E-state index contributed by atoms with van der Waals surface area (Å²) in [5, 5.41) is 0. The molecule has 1 radical (unpaired) electrons. The Labute approximate surface area is 80.5 Å². The smallest absolute Gasteiger partial charge is 0 e. The van der Waals surface area contributed by atoms with Gasteiger partial charge in [-0.1, -0.05) is 35.9 Å². The van der Waals surface area contributed by atoms with Crippen molar-refractivity contribution in [2.75, 3.05) is 0 Å². The van der Waals surface area contributed by atoms with E-state index in [1.54, 1.807) is 0 Å². The Bertz CT molecular complexity index is 150. The molecule has 0 saturated heterocycles. The fraction of sp³-hybridized carbons (Fsp3) is 0.143. The Balaban J connectivity index is 0.000000640. The zero-order valence-electron chi connectivity index (χ0n) is 5.17. The summed E-state index contributed by atoms with van der Waals surface area (Å²) in [6.07, 6.45) is 0. The van der Waals surface area contributed by atoms with E-state index in [1.165, 1.54) is 0 Å². The van der Waals surface area contributed by atoms with Crippen molar-refractivity contribution in [2.24, 2.45) is 0 Å². The van der Waals surface area contributed by atoms with E-state index in [2.05, 4.69) is 0 Å². The van der Waals surface area contributed by atoms with E-state index >= 15 is 0 Å². The molecule has 0 amide bonds. The van der Waals surface area contributed by atoms with Crippen LogP contribution >= 0.6 is 0 Å². The van der Waals surface area contributed by atoms with Crippen LogP contribution < -0.4 is 0 Å². The van der Waals surface area contributed by atoms with Crippen LogP contribution in [0.5, 0.6) is 0 Å². The molecule has 1 aromatic carbocycles. The minimum Gasteiger partial charge on any atom is -0.674 e. The van der Waals surface area contributed by atoms with Gasteiger partial charge in [-0.15, -0.1) is 6.54 Å². The van der Waals surface area contributed by atoms with Gasteiger partial charge in [0.15, 0.2) is 0 Å². The quantitative estimate of drug-likeness (QED) is 0.656. The van der Waals surface area contributed by atoms with Crippen molar-refractivity contribution in [2.45, 2.75) is 6.54 Å². The molecule has 0 aromatic heterocycles. The van der Waals surface area contributed by atoms with Crippen LogP contribution in [0.15, 0.2) is 30.3 Å². The molecule has 45 valence electrons. The maximum atomic E-state index is 6.94.